The first-order valence-electron chi connectivity index (χ1n) is 24.1. The fourth-order valence-corrected chi connectivity index (χ4v) is 7.18. The lowest BCUT2D eigenvalue weighted by atomic mass is 10.0. The summed E-state index contributed by atoms with van der Waals surface area (Å²) in [4.78, 5) is 162. The molecule has 0 aliphatic rings. The second-order valence-corrected chi connectivity index (χ2v) is 17.8. The molecule has 3 aromatic rings. The maximum Gasteiger partial charge on any atom is 0.326 e. The fourth-order valence-electron chi connectivity index (χ4n) is 7.18. The first kappa shape index (κ1) is 63.4. The van der Waals surface area contributed by atoms with Crippen molar-refractivity contribution in [1.82, 2.24) is 57.8 Å². The number of aromatic nitrogens is 2. The van der Waals surface area contributed by atoms with Crippen molar-refractivity contribution in [2.45, 2.75) is 113 Å². The lowest BCUT2D eigenvalue weighted by Gasteiger charge is -2.27. The van der Waals surface area contributed by atoms with E-state index >= 15 is 0 Å². The Bertz CT molecular complexity index is 2550. The van der Waals surface area contributed by atoms with Crippen LogP contribution in [0.25, 0.3) is 0 Å². The minimum Gasteiger partial charge on any atom is -0.480 e. The van der Waals surface area contributed by atoms with E-state index in [-0.39, 0.29) is 25.0 Å². The molecule has 0 fully saturated rings. The average Bonchev–Trinajstić information content (AvgIpc) is 3.91. The summed E-state index contributed by atoms with van der Waals surface area (Å²) >= 11 is 0. The van der Waals surface area contributed by atoms with Crippen LogP contribution >= 0.6 is 0 Å². The number of imidazole rings is 1. The van der Waals surface area contributed by atoms with Gasteiger partial charge < -0.3 is 90.5 Å². The lowest BCUT2D eigenvalue weighted by molar-refractivity contribution is -0.143. The Morgan fingerprint density at radius 3 is 1.53 bits per heavy atom. The number of nitrogens with one attached hydrogen (secondary N) is 10. The van der Waals surface area contributed by atoms with Crippen molar-refractivity contribution < 1.29 is 78.0 Å². The van der Waals surface area contributed by atoms with Crippen LogP contribution in [0.1, 0.15) is 49.9 Å². The molecule has 0 aliphatic heterocycles. The Balaban J connectivity index is 1.70. The van der Waals surface area contributed by atoms with Gasteiger partial charge in [0.15, 0.2) is 0 Å². The smallest absolute Gasteiger partial charge is 0.326 e. The third-order valence-electron chi connectivity index (χ3n) is 11.3. The van der Waals surface area contributed by atoms with Crippen LogP contribution in [0, 0.1) is 0 Å². The molecular weight excluding hydrogens is 1030 g/mol. The van der Waals surface area contributed by atoms with Crippen LogP contribution < -0.4 is 65.1 Å². The van der Waals surface area contributed by atoms with Gasteiger partial charge in [-0.3, -0.25) is 52.7 Å². The number of benzene rings is 2. The summed E-state index contributed by atoms with van der Waals surface area (Å²) in [6, 6.07) is 4.02. The molecule has 1 aromatic heterocycles. The molecule has 30 nitrogen and oxygen atoms in total. The molecule has 78 heavy (non-hydrogen) atoms. The zero-order valence-corrected chi connectivity index (χ0v) is 42.4. The number of primary amides is 2. The molecule has 30 heteroatoms. The summed E-state index contributed by atoms with van der Waals surface area (Å²) in [5, 5.41) is 60.7. The van der Waals surface area contributed by atoms with Crippen molar-refractivity contribution in [3.05, 3.63) is 90.0 Å². The molecule has 0 radical (unpaired) electrons. The second-order valence-electron chi connectivity index (χ2n) is 17.8. The molecule has 0 saturated carbocycles. The molecule has 10 atom stereocenters. The number of amides is 11. The summed E-state index contributed by atoms with van der Waals surface area (Å²) in [5.41, 5.74) is 17.8. The number of carboxylic acid groups (broad SMARTS) is 1. The van der Waals surface area contributed by atoms with Crippen LogP contribution in [0.15, 0.2) is 73.2 Å². The first-order chi connectivity index (χ1) is 36.9. The van der Waals surface area contributed by atoms with Gasteiger partial charge in [0, 0.05) is 25.5 Å². The van der Waals surface area contributed by atoms with Gasteiger partial charge in [0.1, 0.15) is 42.3 Å². The van der Waals surface area contributed by atoms with Crippen LogP contribution in [0.4, 0.5) is 0 Å². The van der Waals surface area contributed by atoms with E-state index in [0.717, 1.165) is 19.4 Å². The Labute approximate surface area is 445 Å². The molecule has 0 aliphatic carbocycles. The highest BCUT2D eigenvalue weighted by Crippen LogP contribution is 2.09. The van der Waals surface area contributed by atoms with Crippen LogP contribution in [0.3, 0.4) is 0 Å². The Kier molecular flexibility index (Phi) is 25.9. The van der Waals surface area contributed by atoms with E-state index in [2.05, 4.69) is 57.8 Å². The van der Waals surface area contributed by atoms with E-state index < -0.39 is 170 Å². The number of aliphatic hydroxyl groups excluding tert-OH is 3. The number of nitrogens with zero attached hydrogens (tertiary/aromatic N) is 1. The van der Waals surface area contributed by atoms with Crippen LogP contribution in [-0.4, -0.2) is 182 Å². The number of H-pyrrole nitrogens is 1. The number of aliphatic hydroxyl groups is 3. The molecular formula is C48H66N14O16. The summed E-state index contributed by atoms with van der Waals surface area (Å²) < 4.78 is 0. The van der Waals surface area contributed by atoms with Gasteiger partial charge in [0.05, 0.1) is 56.4 Å². The molecule has 0 spiro atoms. The largest absolute Gasteiger partial charge is 0.480 e. The van der Waals surface area contributed by atoms with Gasteiger partial charge in [-0.2, -0.15) is 0 Å². The van der Waals surface area contributed by atoms with E-state index in [1.807, 2.05) is 0 Å². The molecule has 424 valence electrons. The third kappa shape index (κ3) is 22.1. The van der Waals surface area contributed by atoms with E-state index in [1.54, 1.807) is 60.7 Å². The Morgan fingerprint density at radius 1 is 0.551 bits per heavy atom. The Morgan fingerprint density at radius 2 is 1.03 bits per heavy atom. The van der Waals surface area contributed by atoms with Gasteiger partial charge in [-0.25, -0.2) is 9.78 Å². The maximum absolute atomic E-state index is 14.1. The second kappa shape index (κ2) is 31.9. The van der Waals surface area contributed by atoms with Crippen molar-refractivity contribution in [2.75, 3.05) is 19.7 Å². The summed E-state index contributed by atoms with van der Waals surface area (Å²) in [5.74, 6) is -13.0. The number of aromatic amines is 1. The molecule has 3 rings (SSSR count). The highest BCUT2D eigenvalue weighted by molar-refractivity contribution is 5.98. The van der Waals surface area contributed by atoms with Crippen molar-refractivity contribution in [3.63, 3.8) is 0 Å². The zero-order chi connectivity index (χ0) is 58.1. The van der Waals surface area contributed by atoms with Gasteiger partial charge in [0.2, 0.25) is 65.0 Å². The molecule has 0 saturated heterocycles. The van der Waals surface area contributed by atoms with Gasteiger partial charge in [0.25, 0.3) is 0 Å². The van der Waals surface area contributed by atoms with Gasteiger partial charge >= 0.3 is 5.97 Å². The summed E-state index contributed by atoms with van der Waals surface area (Å²) in [7, 11) is 0. The fraction of sp³-hybridized carbons (Fsp3) is 0.438. The minimum absolute atomic E-state index is 0.105. The number of nitrogens with two attached hydrogens (primary N) is 3. The summed E-state index contributed by atoms with van der Waals surface area (Å²) in [6.07, 6.45) is -2.79. The SMILES string of the molecule is C[C@@H](O)[C@H](NC(=O)[C@H](CC(N)=O)NC(=O)CNC(=O)[C@H](CO)NC(=O)[C@@H](N)Cc1ccccc1)C(=O)NCC(=O)N[C@@H](Cc1c[nH]cn1)C(=O)N[C@@H](Cc1ccccc1)C(=O)N[C@H](C(=O)N[C@@H](CCC(N)=O)C(=O)O)[C@@H](C)O. The van der Waals surface area contributed by atoms with Gasteiger partial charge in [-0.1, -0.05) is 60.7 Å². The monoisotopic (exact) mass is 1090 g/mol. The van der Waals surface area contributed by atoms with E-state index in [1.165, 1.54) is 12.5 Å². The molecule has 0 bridgehead atoms. The highest BCUT2D eigenvalue weighted by Gasteiger charge is 2.35. The van der Waals surface area contributed by atoms with Crippen LogP contribution in [0.2, 0.25) is 0 Å². The van der Waals surface area contributed by atoms with Gasteiger partial charge in [-0.15, -0.1) is 0 Å². The summed E-state index contributed by atoms with van der Waals surface area (Å²) in [6.45, 7) is -0.463. The number of rotatable bonds is 33. The molecule has 2 aromatic carbocycles. The number of carboxylic acids is 1. The highest BCUT2D eigenvalue weighted by atomic mass is 16.4. The number of carbonyl (C=O) groups excluding carboxylic acids is 11. The van der Waals surface area contributed by atoms with Crippen molar-refractivity contribution in [3.8, 4) is 0 Å². The third-order valence-corrected chi connectivity index (χ3v) is 11.3. The topological polar surface area (TPSA) is 501 Å². The van der Waals surface area contributed by atoms with Crippen molar-refractivity contribution in [1.29, 1.82) is 0 Å². The standard InChI is InChI=1S/C48H66N14O16/c1-24(64)39(61-45(74)33(18-36(51)67)57-37(68)20-53-42(71)34(22-63)60-41(70)29(49)15-26-9-5-3-6-10-26)46(75)54-21-38(69)56-32(17-28-19-52-23-55-28)43(72)59-31(16-27-11-7-4-8-12-27)44(73)62-40(25(2)65)47(76)58-30(48(77)78)13-14-35(50)66/h3-12,19,23-25,29-34,39-40,63-65H,13-18,20-22,49H2,1-2H3,(H2,50,66)(H2,51,67)(H,52,55)(H,53,71)(H,54,75)(H,56,69)(H,57,68)(H,58,76)(H,59,72)(H,60,70)(H,61,74)(H,62,73)(H,77,78)/t24-,25-,29+,30+,31+,32+,33+,34+,39+,40+/m1/s1. The number of hydrogen-bond donors (Lipinski definition) is 17. The minimum atomic E-state index is -1.86. The molecule has 0 unspecified atom stereocenters. The van der Waals surface area contributed by atoms with E-state index in [4.69, 9.17) is 17.2 Å². The first-order valence-corrected chi connectivity index (χ1v) is 24.1. The zero-order valence-electron chi connectivity index (χ0n) is 42.4. The van der Waals surface area contributed by atoms with Crippen LogP contribution in [0.5, 0.6) is 0 Å². The van der Waals surface area contributed by atoms with Gasteiger partial charge in [-0.05, 0) is 37.8 Å². The lowest BCUT2D eigenvalue weighted by Crippen LogP contribution is -2.61. The Hall–Kier alpha value is -8.87. The number of carbonyl (C=O) groups is 12. The number of hydrogen-bond acceptors (Lipinski definition) is 17. The van der Waals surface area contributed by atoms with Crippen molar-refractivity contribution in [2.24, 2.45) is 17.2 Å². The molecule has 11 amide bonds. The number of aliphatic carboxylic acids is 1. The quantitative estimate of drug-likeness (QED) is 0.0269. The predicted molar refractivity (Wildman–Crippen MR) is 270 cm³/mol. The predicted octanol–water partition coefficient (Wildman–Crippen LogP) is -7.63. The van der Waals surface area contributed by atoms with E-state index in [0.29, 0.717) is 5.56 Å². The van der Waals surface area contributed by atoms with Crippen LogP contribution in [-0.2, 0) is 76.8 Å². The maximum atomic E-state index is 14.1. The normalized spacial score (nSPS) is 14.7. The van der Waals surface area contributed by atoms with Crippen molar-refractivity contribution >= 4 is 70.9 Å². The van der Waals surface area contributed by atoms with E-state index in [9.17, 15) is 78.0 Å². The molecule has 1 heterocycles. The molecule has 20 N–H and O–H groups in total. The average molecular weight is 1100 g/mol.